The molecule has 0 aromatic heterocycles. The van der Waals surface area contributed by atoms with Crippen molar-refractivity contribution in [1.29, 1.82) is 0 Å². The third kappa shape index (κ3) is 6.18. The van der Waals surface area contributed by atoms with Crippen LogP contribution >= 0.6 is 12.2 Å². The van der Waals surface area contributed by atoms with Crippen molar-refractivity contribution in [2.24, 2.45) is 5.92 Å². The van der Waals surface area contributed by atoms with Crippen LogP contribution in [0.15, 0.2) is 0 Å². The fraction of sp³-hybridized carbons (Fsp3) is 0.900. The van der Waals surface area contributed by atoms with Crippen molar-refractivity contribution in [1.82, 2.24) is 10.6 Å². The fourth-order valence-corrected chi connectivity index (χ4v) is 3.80. The summed E-state index contributed by atoms with van der Waals surface area (Å²) in [5, 5.41) is 6.70. The molecule has 0 aromatic carbocycles. The van der Waals surface area contributed by atoms with Crippen LogP contribution in [0.4, 0.5) is 0 Å². The lowest BCUT2D eigenvalue weighted by Gasteiger charge is -2.13. The number of sulfone groups is 1. The summed E-state index contributed by atoms with van der Waals surface area (Å²) in [6.45, 7) is 2.11. The Balaban J connectivity index is 2.08. The first-order valence-corrected chi connectivity index (χ1v) is 7.97. The number of hydrogen-bond acceptors (Lipinski definition) is 4. The first-order valence-electron chi connectivity index (χ1n) is 5.74. The van der Waals surface area contributed by atoms with Crippen LogP contribution in [0.1, 0.15) is 12.8 Å². The number of ether oxygens (including phenoxy) is 1. The van der Waals surface area contributed by atoms with Gasteiger partial charge in [0.05, 0.1) is 11.5 Å². The molecule has 100 valence electrons. The number of hydrogen-bond donors (Lipinski definition) is 2. The van der Waals surface area contributed by atoms with E-state index < -0.39 is 9.84 Å². The largest absolute Gasteiger partial charge is 0.385 e. The predicted molar refractivity (Wildman–Crippen MR) is 71.9 cm³/mol. The quantitative estimate of drug-likeness (QED) is 0.524. The lowest BCUT2D eigenvalue weighted by molar-refractivity contribution is 0.195. The second-order valence-electron chi connectivity index (χ2n) is 4.25. The molecule has 1 aliphatic rings. The molecule has 1 rings (SSSR count). The third-order valence-corrected chi connectivity index (χ3v) is 4.81. The van der Waals surface area contributed by atoms with Gasteiger partial charge in [-0.2, -0.15) is 0 Å². The maximum atomic E-state index is 11.2. The van der Waals surface area contributed by atoms with Crippen molar-refractivity contribution >= 4 is 27.2 Å². The van der Waals surface area contributed by atoms with Crippen molar-refractivity contribution in [2.45, 2.75) is 12.8 Å². The summed E-state index contributed by atoms with van der Waals surface area (Å²) in [7, 11) is -1.12. The highest BCUT2D eigenvalue weighted by Crippen LogP contribution is 2.17. The van der Waals surface area contributed by atoms with Crippen LogP contribution in [0.5, 0.6) is 0 Å². The van der Waals surface area contributed by atoms with Crippen LogP contribution in [0, 0.1) is 5.92 Å². The average Bonchev–Trinajstić information content (AvgIpc) is 2.62. The van der Waals surface area contributed by atoms with Crippen LogP contribution in [0.3, 0.4) is 0 Å². The van der Waals surface area contributed by atoms with Gasteiger partial charge in [0, 0.05) is 26.8 Å². The van der Waals surface area contributed by atoms with Crippen molar-refractivity contribution in [3.8, 4) is 0 Å². The molecule has 0 aromatic rings. The van der Waals surface area contributed by atoms with Gasteiger partial charge in [-0.05, 0) is 31.0 Å². The van der Waals surface area contributed by atoms with E-state index in [0.29, 0.717) is 24.0 Å². The van der Waals surface area contributed by atoms with E-state index in [9.17, 15) is 8.42 Å². The number of nitrogens with one attached hydrogen (secondary N) is 2. The van der Waals surface area contributed by atoms with Crippen LogP contribution < -0.4 is 10.6 Å². The first-order chi connectivity index (χ1) is 8.03. The summed E-state index contributed by atoms with van der Waals surface area (Å²) in [5.74, 6) is 0.790. The second-order valence-corrected chi connectivity index (χ2v) is 6.89. The van der Waals surface area contributed by atoms with Gasteiger partial charge < -0.3 is 15.4 Å². The van der Waals surface area contributed by atoms with E-state index in [1.54, 1.807) is 7.11 Å². The summed E-state index contributed by atoms with van der Waals surface area (Å²) in [6.07, 6.45) is 1.64. The molecule has 0 bridgehead atoms. The molecule has 1 heterocycles. The minimum atomic E-state index is -2.79. The standard InChI is InChI=1S/C10H20N2O3S2/c1-15-5-2-4-11-10(16)12-7-9-3-6-17(13,14)8-9/h9H,2-8H2,1H3,(H2,11,12,16). The molecule has 2 N–H and O–H groups in total. The van der Waals surface area contributed by atoms with Crippen LogP contribution in [0.2, 0.25) is 0 Å². The fourth-order valence-electron chi connectivity index (χ4n) is 1.75. The monoisotopic (exact) mass is 280 g/mol. The van der Waals surface area contributed by atoms with Gasteiger partial charge in [-0.15, -0.1) is 0 Å². The molecule has 0 aliphatic carbocycles. The molecule has 0 saturated carbocycles. The molecule has 1 saturated heterocycles. The van der Waals surface area contributed by atoms with E-state index in [4.69, 9.17) is 17.0 Å². The Hall–Kier alpha value is -0.400. The van der Waals surface area contributed by atoms with Crippen molar-refractivity contribution < 1.29 is 13.2 Å². The third-order valence-electron chi connectivity index (χ3n) is 2.69. The summed E-state index contributed by atoms with van der Waals surface area (Å²) in [4.78, 5) is 0. The highest BCUT2D eigenvalue weighted by molar-refractivity contribution is 7.91. The molecule has 17 heavy (non-hydrogen) atoms. The lowest BCUT2D eigenvalue weighted by Crippen LogP contribution is -2.38. The Morgan fingerprint density at radius 3 is 2.82 bits per heavy atom. The van der Waals surface area contributed by atoms with Gasteiger partial charge in [0.15, 0.2) is 14.9 Å². The molecule has 0 spiro atoms. The van der Waals surface area contributed by atoms with Gasteiger partial charge in [-0.3, -0.25) is 0 Å². The smallest absolute Gasteiger partial charge is 0.166 e. The van der Waals surface area contributed by atoms with Crippen molar-refractivity contribution in [3.05, 3.63) is 0 Å². The van der Waals surface area contributed by atoms with Gasteiger partial charge in [0.1, 0.15) is 0 Å². The van der Waals surface area contributed by atoms with Crippen molar-refractivity contribution in [3.63, 3.8) is 0 Å². The Bertz CT molecular complexity index is 343. The second kappa shape index (κ2) is 7.13. The Morgan fingerprint density at radius 1 is 1.47 bits per heavy atom. The van der Waals surface area contributed by atoms with Gasteiger partial charge in [-0.1, -0.05) is 0 Å². The SMILES string of the molecule is COCCCNC(=S)NCC1CCS(=O)(=O)C1. The first kappa shape index (κ1) is 14.7. The van der Waals surface area contributed by atoms with Crippen LogP contribution in [0.25, 0.3) is 0 Å². The highest BCUT2D eigenvalue weighted by Gasteiger charge is 2.27. The van der Waals surface area contributed by atoms with Gasteiger partial charge in [0.2, 0.25) is 0 Å². The Kier molecular flexibility index (Phi) is 6.15. The van der Waals surface area contributed by atoms with E-state index in [2.05, 4.69) is 10.6 Å². The summed E-state index contributed by atoms with van der Waals surface area (Å²) in [5.41, 5.74) is 0. The van der Waals surface area contributed by atoms with E-state index in [0.717, 1.165) is 19.4 Å². The Labute approximate surface area is 108 Å². The van der Waals surface area contributed by atoms with Gasteiger partial charge in [0.25, 0.3) is 0 Å². The van der Waals surface area contributed by atoms with Crippen LogP contribution in [-0.2, 0) is 14.6 Å². The highest BCUT2D eigenvalue weighted by atomic mass is 32.2. The minimum absolute atomic E-state index is 0.193. The molecule has 1 atom stereocenters. The summed E-state index contributed by atoms with van der Waals surface area (Å²) in [6, 6.07) is 0. The molecule has 5 nitrogen and oxygen atoms in total. The molecule has 0 amide bonds. The molecule has 7 heteroatoms. The van der Waals surface area contributed by atoms with Crippen molar-refractivity contribution in [2.75, 3.05) is 38.3 Å². The van der Waals surface area contributed by atoms with Gasteiger partial charge in [-0.25, -0.2) is 8.42 Å². The predicted octanol–water partition coefficient (Wildman–Crippen LogP) is -0.0783. The molecular weight excluding hydrogens is 260 g/mol. The number of methoxy groups -OCH3 is 1. The Morgan fingerprint density at radius 2 is 2.24 bits per heavy atom. The van der Waals surface area contributed by atoms with Gasteiger partial charge >= 0.3 is 0 Å². The molecule has 1 unspecified atom stereocenters. The number of thiocarbonyl (C=S) groups is 1. The zero-order chi connectivity index (χ0) is 12.7. The zero-order valence-electron chi connectivity index (χ0n) is 10.1. The normalized spacial score (nSPS) is 22.3. The average molecular weight is 280 g/mol. The molecular formula is C10H20N2O3S2. The number of rotatable bonds is 6. The zero-order valence-corrected chi connectivity index (χ0v) is 11.7. The summed E-state index contributed by atoms with van der Waals surface area (Å²) >= 11 is 5.08. The van der Waals surface area contributed by atoms with E-state index in [1.165, 1.54) is 0 Å². The van der Waals surface area contributed by atoms with E-state index >= 15 is 0 Å². The molecule has 1 aliphatic heterocycles. The molecule has 0 radical (unpaired) electrons. The maximum absolute atomic E-state index is 11.2. The lowest BCUT2D eigenvalue weighted by atomic mass is 10.1. The topological polar surface area (TPSA) is 67.4 Å². The molecule has 1 fully saturated rings. The minimum Gasteiger partial charge on any atom is -0.385 e. The van der Waals surface area contributed by atoms with Crippen LogP contribution in [-0.4, -0.2) is 51.8 Å². The van der Waals surface area contributed by atoms with E-state index in [-0.39, 0.29) is 11.7 Å². The maximum Gasteiger partial charge on any atom is 0.166 e. The van der Waals surface area contributed by atoms with E-state index in [1.807, 2.05) is 0 Å². The summed E-state index contributed by atoms with van der Waals surface area (Å²) < 4.78 is 27.4.